The summed E-state index contributed by atoms with van der Waals surface area (Å²) in [5.41, 5.74) is -0.678. The number of nitro groups is 1. The fraction of sp³-hybridized carbons (Fsp3) is 0.143. The molecule has 16 heavy (non-hydrogen) atoms. The predicted molar refractivity (Wildman–Crippen MR) is 52.6 cm³/mol. The van der Waals surface area contributed by atoms with Crippen LogP contribution in [0.5, 0.6) is 5.75 Å². The molecule has 1 aromatic carbocycles. The lowest BCUT2D eigenvalue weighted by Crippen LogP contribution is -2.00. The molecule has 0 atom stereocenters. The summed E-state index contributed by atoms with van der Waals surface area (Å²) >= 11 is 0. The Labute approximate surface area is 94.2 Å². The lowest BCUT2D eigenvalue weighted by molar-refractivity contribution is -0.386. The van der Waals surface area contributed by atoms with Crippen molar-refractivity contribution in [2.75, 3.05) is 7.11 Å². The molecule has 0 saturated carbocycles. The number of methoxy groups -OCH3 is 1. The van der Waals surface area contributed by atoms with Crippen LogP contribution in [0.15, 0.2) is 17.0 Å². The number of nitro benzene ring substituents is 1. The third-order valence-corrected chi connectivity index (χ3v) is 3.03. The van der Waals surface area contributed by atoms with Gasteiger partial charge < -0.3 is 4.74 Å². The monoisotopic (exact) mass is 269 g/mol. The molecule has 0 N–H and O–H groups in total. The van der Waals surface area contributed by atoms with Crippen molar-refractivity contribution < 1.29 is 22.5 Å². The van der Waals surface area contributed by atoms with E-state index in [1.807, 2.05) is 0 Å². The van der Waals surface area contributed by atoms with Crippen molar-refractivity contribution in [1.82, 2.24) is 0 Å². The van der Waals surface area contributed by atoms with Crippen LogP contribution >= 0.6 is 10.7 Å². The summed E-state index contributed by atoms with van der Waals surface area (Å²) in [5.74, 6) is -1.59. The van der Waals surface area contributed by atoms with Gasteiger partial charge in [-0.1, -0.05) is 0 Å². The van der Waals surface area contributed by atoms with Crippen LogP contribution in [0.3, 0.4) is 0 Å². The van der Waals surface area contributed by atoms with Crippen LogP contribution in [0.2, 0.25) is 0 Å². The van der Waals surface area contributed by atoms with E-state index >= 15 is 0 Å². The molecule has 1 rings (SSSR count). The average Bonchev–Trinajstić information content (AvgIpc) is 2.14. The zero-order chi connectivity index (χ0) is 12.5. The number of rotatable bonds is 3. The molecule has 9 heteroatoms. The van der Waals surface area contributed by atoms with E-state index < -0.39 is 30.4 Å². The fourth-order valence-corrected chi connectivity index (χ4v) is 1.92. The van der Waals surface area contributed by atoms with Gasteiger partial charge in [0.25, 0.3) is 9.05 Å². The molecule has 6 nitrogen and oxygen atoms in total. The van der Waals surface area contributed by atoms with Crippen molar-refractivity contribution in [2.45, 2.75) is 4.90 Å². The highest BCUT2D eigenvalue weighted by molar-refractivity contribution is 8.13. The van der Waals surface area contributed by atoms with Crippen molar-refractivity contribution in [3.05, 3.63) is 28.1 Å². The summed E-state index contributed by atoms with van der Waals surface area (Å²) in [4.78, 5) is 8.68. The highest BCUT2D eigenvalue weighted by Crippen LogP contribution is 2.32. The molecule has 1 aromatic rings. The highest BCUT2D eigenvalue weighted by atomic mass is 35.7. The third-order valence-electron chi connectivity index (χ3n) is 1.69. The van der Waals surface area contributed by atoms with E-state index in [0.717, 1.165) is 7.11 Å². The van der Waals surface area contributed by atoms with Crippen LogP contribution < -0.4 is 4.74 Å². The summed E-state index contributed by atoms with van der Waals surface area (Å²) in [6.07, 6.45) is 0. The molecule has 0 aromatic heterocycles. The van der Waals surface area contributed by atoms with Crippen molar-refractivity contribution in [1.29, 1.82) is 0 Å². The normalized spacial score (nSPS) is 11.2. The third kappa shape index (κ3) is 2.39. The Balaban J connectivity index is 3.58. The van der Waals surface area contributed by atoms with Gasteiger partial charge in [-0.2, -0.15) is 0 Å². The summed E-state index contributed by atoms with van der Waals surface area (Å²) < 4.78 is 39.5. The van der Waals surface area contributed by atoms with E-state index in [4.69, 9.17) is 10.7 Å². The van der Waals surface area contributed by atoms with Gasteiger partial charge in [-0.3, -0.25) is 10.1 Å². The van der Waals surface area contributed by atoms with E-state index in [9.17, 15) is 22.9 Å². The van der Waals surface area contributed by atoms with Crippen LogP contribution in [0.1, 0.15) is 0 Å². The highest BCUT2D eigenvalue weighted by Gasteiger charge is 2.25. The molecule has 0 fully saturated rings. The standard InChI is InChI=1S/C7H5ClFNO5S/c1-15-6-2-4(9)7(16(8,13)14)3-5(6)10(11)12/h2-3H,1H3. The second-order valence-corrected chi connectivity index (χ2v) is 5.18. The molecule has 0 spiro atoms. The SMILES string of the molecule is COc1cc(F)c(S(=O)(=O)Cl)cc1[N+](=O)[O-]. The Bertz CT molecular complexity index is 544. The first-order valence-corrected chi connectivity index (χ1v) is 6.05. The number of halogens is 2. The number of hydrogen-bond acceptors (Lipinski definition) is 5. The molecule has 0 saturated heterocycles. The van der Waals surface area contributed by atoms with Gasteiger partial charge in [-0.05, 0) is 0 Å². The molecule has 0 heterocycles. The number of benzene rings is 1. The Morgan fingerprint density at radius 2 is 2.06 bits per heavy atom. The minimum atomic E-state index is -4.38. The van der Waals surface area contributed by atoms with E-state index in [0.29, 0.717) is 12.1 Å². The van der Waals surface area contributed by atoms with Crippen LogP contribution in [-0.2, 0) is 9.05 Å². The van der Waals surface area contributed by atoms with Crippen LogP contribution in [-0.4, -0.2) is 20.5 Å². The summed E-state index contributed by atoms with van der Waals surface area (Å²) in [6.45, 7) is 0. The van der Waals surface area contributed by atoms with Crippen molar-refractivity contribution in [2.24, 2.45) is 0 Å². The second-order valence-electron chi connectivity index (χ2n) is 2.65. The maximum atomic E-state index is 13.2. The van der Waals surface area contributed by atoms with Gasteiger partial charge in [0.05, 0.1) is 12.0 Å². The Morgan fingerprint density at radius 3 is 2.44 bits per heavy atom. The summed E-state index contributed by atoms with van der Waals surface area (Å²) in [5, 5.41) is 10.5. The Kier molecular flexibility index (Phi) is 3.34. The zero-order valence-corrected chi connectivity index (χ0v) is 9.38. The molecule has 0 amide bonds. The molecule has 0 aliphatic carbocycles. The fourth-order valence-electron chi connectivity index (χ4n) is 1.02. The van der Waals surface area contributed by atoms with Gasteiger partial charge in [-0.25, -0.2) is 12.8 Å². The minimum Gasteiger partial charge on any atom is -0.490 e. The lowest BCUT2D eigenvalue weighted by atomic mass is 10.3. The van der Waals surface area contributed by atoms with Gasteiger partial charge in [0.2, 0.25) is 0 Å². The van der Waals surface area contributed by atoms with Gasteiger partial charge in [-0.15, -0.1) is 0 Å². The minimum absolute atomic E-state index is 0.383. The molecular weight excluding hydrogens is 265 g/mol. The van der Waals surface area contributed by atoms with E-state index in [1.165, 1.54) is 0 Å². The Hall–Kier alpha value is -1.41. The van der Waals surface area contributed by atoms with Crippen LogP contribution in [0.4, 0.5) is 10.1 Å². The first kappa shape index (κ1) is 12.7. The van der Waals surface area contributed by atoms with Gasteiger partial charge in [0.1, 0.15) is 10.7 Å². The number of nitrogens with zero attached hydrogens (tertiary/aromatic N) is 1. The molecule has 88 valence electrons. The maximum Gasteiger partial charge on any atom is 0.312 e. The summed E-state index contributed by atoms with van der Waals surface area (Å²) in [7, 11) is 1.62. The molecule has 0 aliphatic heterocycles. The number of ether oxygens (including phenoxy) is 1. The van der Waals surface area contributed by atoms with E-state index in [-0.39, 0.29) is 5.75 Å². The average molecular weight is 270 g/mol. The van der Waals surface area contributed by atoms with Crippen LogP contribution in [0, 0.1) is 15.9 Å². The quantitative estimate of drug-likeness (QED) is 0.473. The molecular formula is C7H5ClFNO5S. The van der Waals surface area contributed by atoms with Gasteiger partial charge >= 0.3 is 5.69 Å². The largest absolute Gasteiger partial charge is 0.490 e. The lowest BCUT2D eigenvalue weighted by Gasteiger charge is -2.04. The maximum absolute atomic E-state index is 13.2. The summed E-state index contributed by atoms with van der Waals surface area (Å²) in [6, 6.07) is 1.10. The van der Waals surface area contributed by atoms with Crippen molar-refractivity contribution in [3.8, 4) is 5.75 Å². The molecule has 0 radical (unpaired) electrons. The van der Waals surface area contributed by atoms with E-state index in [1.54, 1.807) is 0 Å². The van der Waals surface area contributed by atoms with Gasteiger partial charge in [0, 0.05) is 22.8 Å². The molecule has 0 aliphatic rings. The van der Waals surface area contributed by atoms with Crippen molar-refractivity contribution in [3.63, 3.8) is 0 Å². The smallest absolute Gasteiger partial charge is 0.312 e. The second kappa shape index (κ2) is 4.22. The first-order valence-electron chi connectivity index (χ1n) is 3.74. The van der Waals surface area contributed by atoms with E-state index in [2.05, 4.69) is 4.74 Å². The molecule has 0 bridgehead atoms. The molecule has 0 unspecified atom stereocenters. The van der Waals surface area contributed by atoms with Gasteiger partial charge in [0.15, 0.2) is 5.75 Å². The Morgan fingerprint density at radius 1 is 1.50 bits per heavy atom. The topological polar surface area (TPSA) is 86.5 Å². The number of hydrogen-bond donors (Lipinski definition) is 0. The van der Waals surface area contributed by atoms with Crippen LogP contribution in [0.25, 0.3) is 0 Å². The van der Waals surface area contributed by atoms with Crippen molar-refractivity contribution >= 4 is 25.4 Å². The first-order chi connectivity index (χ1) is 7.27. The zero-order valence-electron chi connectivity index (χ0n) is 7.81. The predicted octanol–water partition coefficient (Wildman–Crippen LogP) is 1.67.